The lowest BCUT2D eigenvalue weighted by atomic mass is 9.84. The number of hydrogen-bond donors (Lipinski definition) is 3. The van der Waals surface area contributed by atoms with Crippen LogP contribution in [0.4, 0.5) is 0 Å². The van der Waals surface area contributed by atoms with Crippen molar-refractivity contribution in [1.29, 1.82) is 0 Å². The van der Waals surface area contributed by atoms with Gasteiger partial charge in [-0.25, -0.2) is 0 Å². The number of carbonyl (C=O) groups is 1. The summed E-state index contributed by atoms with van der Waals surface area (Å²) in [5, 5.41) is 30.4. The van der Waals surface area contributed by atoms with Crippen LogP contribution in [0.2, 0.25) is 0 Å². The van der Waals surface area contributed by atoms with E-state index in [0.717, 1.165) is 0 Å². The zero-order valence-electron chi connectivity index (χ0n) is 13.4. The molecule has 6 nitrogen and oxygen atoms in total. The number of aliphatic hydroxyl groups is 1. The molecule has 2 aromatic carbocycles. The molecule has 1 aliphatic heterocycles. The average molecular weight is 330 g/mol. The molecule has 24 heavy (non-hydrogen) atoms. The standard InChI is InChI=1S/C18H18O6/c1-10-13(23-2)7-14-15(16(10)20)17(21)18(22,9-24-14)8-11-3-5-12(19)6-4-11/h3-7,19-20,22H,8-9H2,1-2H3. The molecule has 1 heterocycles. The maximum Gasteiger partial charge on any atom is 0.205 e. The van der Waals surface area contributed by atoms with Gasteiger partial charge in [0.05, 0.1) is 7.11 Å². The number of ether oxygens (including phenoxy) is 2. The predicted octanol–water partition coefficient (Wildman–Crippen LogP) is 1.96. The molecule has 0 aromatic heterocycles. The highest BCUT2D eigenvalue weighted by atomic mass is 16.5. The van der Waals surface area contributed by atoms with Crippen LogP contribution in [0.5, 0.6) is 23.0 Å². The van der Waals surface area contributed by atoms with Crippen LogP contribution in [0.15, 0.2) is 30.3 Å². The molecule has 1 unspecified atom stereocenters. The summed E-state index contributed by atoms with van der Waals surface area (Å²) >= 11 is 0. The third kappa shape index (κ3) is 2.55. The summed E-state index contributed by atoms with van der Waals surface area (Å²) in [4.78, 5) is 12.8. The van der Waals surface area contributed by atoms with Crippen molar-refractivity contribution in [2.75, 3.05) is 13.7 Å². The molecule has 0 saturated heterocycles. The van der Waals surface area contributed by atoms with E-state index in [0.29, 0.717) is 16.9 Å². The summed E-state index contributed by atoms with van der Waals surface area (Å²) in [6, 6.07) is 7.73. The first-order chi connectivity index (χ1) is 11.4. The van der Waals surface area contributed by atoms with Crippen LogP contribution in [-0.2, 0) is 6.42 Å². The summed E-state index contributed by atoms with van der Waals surface area (Å²) in [7, 11) is 1.46. The molecule has 3 N–H and O–H groups in total. The van der Waals surface area contributed by atoms with Crippen molar-refractivity contribution in [3.63, 3.8) is 0 Å². The third-order valence-electron chi connectivity index (χ3n) is 4.24. The number of hydrogen-bond acceptors (Lipinski definition) is 6. The lowest BCUT2D eigenvalue weighted by Crippen LogP contribution is -2.49. The van der Waals surface area contributed by atoms with Gasteiger partial charge in [0.15, 0.2) is 5.60 Å². The summed E-state index contributed by atoms with van der Waals surface area (Å²) in [6.45, 7) is 1.39. The Morgan fingerprint density at radius 2 is 1.92 bits per heavy atom. The molecule has 126 valence electrons. The van der Waals surface area contributed by atoms with Crippen LogP contribution in [0.1, 0.15) is 21.5 Å². The summed E-state index contributed by atoms with van der Waals surface area (Å²) in [6.07, 6.45) is 0.00999. The molecular weight excluding hydrogens is 312 g/mol. The number of carbonyl (C=O) groups excluding carboxylic acids is 1. The van der Waals surface area contributed by atoms with Crippen molar-refractivity contribution in [1.82, 2.24) is 0 Å². The molecule has 0 amide bonds. The highest BCUT2D eigenvalue weighted by Crippen LogP contribution is 2.42. The Morgan fingerprint density at radius 3 is 2.54 bits per heavy atom. The number of ketones is 1. The predicted molar refractivity (Wildman–Crippen MR) is 86.0 cm³/mol. The Hall–Kier alpha value is -2.73. The summed E-state index contributed by atoms with van der Waals surface area (Å²) in [5.41, 5.74) is -0.758. The minimum Gasteiger partial charge on any atom is -0.508 e. The molecule has 0 saturated carbocycles. The number of rotatable bonds is 3. The number of benzene rings is 2. The number of Topliss-reactive ketones (excluding diaryl/α,β-unsaturated/α-hetero) is 1. The van der Waals surface area contributed by atoms with Crippen LogP contribution >= 0.6 is 0 Å². The van der Waals surface area contributed by atoms with Gasteiger partial charge in [0.2, 0.25) is 5.78 Å². The van der Waals surface area contributed by atoms with Crippen LogP contribution in [-0.4, -0.2) is 40.4 Å². The minimum atomic E-state index is -1.79. The second kappa shape index (κ2) is 5.72. The molecule has 3 rings (SSSR count). The van der Waals surface area contributed by atoms with Crippen LogP contribution in [0.25, 0.3) is 0 Å². The van der Waals surface area contributed by atoms with Crippen molar-refractivity contribution in [3.05, 3.63) is 47.0 Å². The van der Waals surface area contributed by atoms with Gasteiger partial charge in [0.1, 0.15) is 35.2 Å². The van der Waals surface area contributed by atoms with Crippen molar-refractivity contribution >= 4 is 5.78 Å². The molecule has 2 aromatic rings. The zero-order valence-corrected chi connectivity index (χ0v) is 13.4. The lowest BCUT2D eigenvalue weighted by Gasteiger charge is -2.33. The first-order valence-corrected chi connectivity index (χ1v) is 7.44. The van der Waals surface area contributed by atoms with E-state index in [1.165, 1.54) is 25.3 Å². The molecule has 1 atom stereocenters. The second-order valence-electron chi connectivity index (χ2n) is 5.92. The molecule has 0 aliphatic carbocycles. The minimum absolute atomic E-state index is 0.00999. The highest BCUT2D eigenvalue weighted by Gasteiger charge is 2.44. The lowest BCUT2D eigenvalue weighted by molar-refractivity contribution is -0.00243. The maximum atomic E-state index is 12.8. The normalized spacial score (nSPS) is 19.5. The molecular formula is C18H18O6. The second-order valence-corrected chi connectivity index (χ2v) is 5.92. The monoisotopic (exact) mass is 330 g/mol. The van der Waals surface area contributed by atoms with E-state index in [1.807, 2.05) is 0 Å². The number of fused-ring (bicyclic) bond motifs is 1. The van der Waals surface area contributed by atoms with Gasteiger partial charge in [0.25, 0.3) is 0 Å². The zero-order chi connectivity index (χ0) is 17.5. The third-order valence-corrected chi connectivity index (χ3v) is 4.24. The van der Waals surface area contributed by atoms with Crippen molar-refractivity contribution in [3.8, 4) is 23.0 Å². The summed E-state index contributed by atoms with van der Waals surface area (Å²) in [5.74, 6) is -0.153. The van der Waals surface area contributed by atoms with Gasteiger partial charge in [-0.05, 0) is 24.6 Å². The fourth-order valence-electron chi connectivity index (χ4n) is 2.84. The Labute approximate surface area is 138 Å². The Balaban J connectivity index is 1.99. The fraction of sp³-hybridized carbons (Fsp3) is 0.278. The SMILES string of the molecule is COc1cc2c(c(O)c1C)C(=O)C(O)(Cc1ccc(O)cc1)CO2. The number of phenolic OH excluding ortho intramolecular Hbond substituents is 2. The van der Waals surface area contributed by atoms with Gasteiger partial charge in [-0.15, -0.1) is 0 Å². The van der Waals surface area contributed by atoms with Crippen LogP contribution in [0, 0.1) is 6.92 Å². The van der Waals surface area contributed by atoms with Gasteiger partial charge in [-0.2, -0.15) is 0 Å². The smallest absolute Gasteiger partial charge is 0.205 e. The van der Waals surface area contributed by atoms with Crippen molar-refractivity contribution in [2.24, 2.45) is 0 Å². The molecule has 0 radical (unpaired) electrons. The van der Waals surface area contributed by atoms with Gasteiger partial charge in [-0.3, -0.25) is 4.79 Å². The molecule has 6 heteroatoms. The number of methoxy groups -OCH3 is 1. The van der Waals surface area contributed by atoms with Gasteiger partial charge >= 0.3 is 0 Å². The van der Waals surface area contributed by atoms with E-state index >= 15 is 0 Å². The van der Waals surface area contributed by atoms with E-state index in [9.17, 15) is 20.1 Å². The highest BCUT2D eigenvalue weighted by molar-refractivity contribution is 6.08. The molecule has 0 fully saturated rings. The fourth-order valence-corrected chi connectivity index (χ4v) is 2.84. The van der Waals surface area contributed by atoms with Crippen molar-refractivity contribution in [2.45, 2.75) is 18.9 Å². The first kappa shape index (κ1) is 16.1. The largest absolute Gasteiger partial charge is 0.508 e. The van der Waals surface area contributed by atoms with E-state index < -0.39 is 11.4 Å². The summed E-state index contributed by atoms with van der Waals surface area (Å²) < 4.78 is 10.7. The number of phenols is 2. The Kier molecular flexibility index (Phi) is 3.85. The topological polar surface area (TPSA) is 96.2 Å². The van der Waals surface area contributed by atoms with E-state index in [-0.39, 0.29) is 35.8 Å². The Morgan fingerprint density at radius 1 is 1.25 bits per heavy atom. The van der Waals surface area contributed by atoms with Crippen LogP contribution < -0.4 is 9.47 Å². The average Bonchev–Trinajstić information content (AvgIpc) is 2.56. The van der Waals surface area contributed by atoms with E-state index in [2.05, 4.69) is 0 Å². The molecule has 1 aliphatic rings. The molecule has 0 bridgehead atoms. The van der Waals surface area contributed by atoms with Gasteiger partial charge in [-0.1, -0.05) is 12.1 Å². The molecule has 0 spiro atoms. The first-order valence-electron chi connectivity index (χ1n) is 7.44. The maximum absolute atomic E-state index is 12.8. The van der Waals surface area contributed by atoms with E-state index in [1.54, 1.807) is 19.1 Å². The van der Waals surface area contributed by atoms with Gasteiger partial charge < -0.3 is 24.8 Å². The Bertz CT molecular complexity index is 796. The van der Waals surface area contributed by atoms with Crippen LogP contribution in [0.3, 0.4) is 0 Å². The quantitative estimate of drug-likeness (QED) is 0.796. The van der Waals surface area contributed by atoms with E-state index in [4.69, 9.17) is 9.47 Å². The number of aromatic hydroxyl groups is 2. The van der Waals surface area contributed by atoms with Crippen molar-refractivity contribution < 1.29 is 29.6 Å². The van der Waals surface area contributed by atoms with Gasteiger partial charge in [0, 0.05) is 18.1 Å².